The molecule has 0 radical (unpaired) electrons. The summed E-state index contributed by atoms with van der Waals surface area (Å²) in [6.45, 7) is 4.06. The van der Waals surface area contributed by atoms with Gasteiger partial charge < -0.3 is 9.47 Å². The van der Waals surface area contributed by atoms with Crippen molar-refractivity contribution in [1.29, 1.82) is 0 Å². The first-order valence-electron chi connectivity index (χ1n) is 6.56. The van der Waals surface area contributed by atoms with Gasteiger partial charge in [-0.15, -0.1) is 0 Å². The molecule has 2 rings (SSSR count). The van der Waals surface area contributed by atoms with Gasteiger partial charge in [0.25, 0.3) is 0 Å². The van der Waals surface area contributed by atoms with Gasteiger partial charge in [-0.05, 0) is 44.2 Å². The second-order valence-electron chi connectivity index (χ2n) is 4.41. The van der Waals surface area contributed by atoms with E-state index in [1.165, 1.54) is 0 Å². The van der Waals surface area contributed by atoms with Gasteiger partial charge in [0.2, 0.25) is 0 Å². The predicted molar refractivity (Wildman–Crippen MR) is 83.3 cm³/mol. The van der Waals surface area contributed by atoms with Crippen molar-refractivity contribution in [3.63, 3.8) is 0 Å². The molecule has 5 heteroatoms. The van der Waals surface area contributed by atoms with Crippen LogP contribution in [-0.2, 0) is 4.74 Å². The summed E-state index contributed by atoms with van der Waals surface area (Å²) < 4.78 is 10.5. The first-order valence-corrected chi connectivity index (χ1v) is 6.94. The summed E-state index contributed by atoms with van der Waals surface area (Å²) in [4.78, 5) is 11.3. The summed E-state index contributed by atoms with van der Waals surface area (Å²) in [6, 6.07) is 12.7. The zero-order chi connectivity index (χ0) is 15.2. The number of carbonyl (C=O) groups excluding carboxylic acids is 1. The third-order valence-corrected chi connectivity index (χ3v) is 3.00. The lowest BCUT2D eigenvalue weighted by atomic mass is 10.2. The van der Waals surface area contributed by atoms with Crippen LogP contribution < -0.4 is 10.1 Å². The molecule has 4 nitrogen and oxygen atoms in total. The molecule has 2 aromatic rings. The largest absolute Gasteiger partial charge is 0.456 e. The fourth-order valence-corrected chi connectivity index (χ4v) is 1.90. The minimum Gasteiger partial charge on any atom is -0.456 e. The smallest absolute Gasteiger partial charge is 0.411 e. The number of anilines is 1. The third kappa shape index (κ3) is 4.39. The molecule has 0 saturated carbocycles. The molecule has 0 aliphatic rings. The van der Waals surface area contributed by atoms with E-state index in [4.69, 9.17) is 21.1 Å². The van der Waals surface area contributed by atoms with Crippen molar-refractivity contribution in [3.8, 4) is 11.5 Å². The molecule has 0 aliphatic heterocycles. The van der Waals surface area contributed by atoms with Gasteiger partial charge in [-0.1, -0.05) is 29.3 Å². The molecular weight excluding hydrogens is 290 g/mol. The number of hydrogen-bond acceptors (Lipinski definition) is 3. The Morgan fingerprint density at radius 2 is 1.90 bits per heavy atom. The number of halogens is 1. The van der Waals surface area contributed by atoms with E-state index in [9.17, 15) is 4.79 Å². The summed E-state index contributed by atoms with van der Waals surface area (Å²) in [7, 11) is 0. The summed E-state index contributed by atoms with van der Waals surface area (Å²) >= 11 is 6.15. The third-order valence-electron chi connectivity index (χ3n) is 2.70. The van der Waals surface area contributed by atoms with E-state index in [0.29, 0.717) is 28.8 Å². The number of benzene rings is 2. The van der Waals surface area contributed by atoms with Crippen molar-refractivity contribution >= 4 is 23.4 Å². The molecule has 0 spiro atoms. The fraction of sp³-hybridized carbons (Fsp3) is 0.188. The number of rotatable bonds is 4. The molecule has 0 unspecified atom stereocenters. The maximum Gasteiger partial charge on any atom is 0.411 e. The van der Waals surface area contributed by atoms with Crippen LogP contribution >= 0.6 is 11.6 Å². The van der Waals surface area contributed by atoms with Crippen molar-refractivity contribution < 1.29 is 14.3 Å². The van der Waals surface area contributed by atoms with Gasteiger partial charge in [0.1, 0.15) is 11.5 Å². The van der Waals surface area contributed by atoms with E-state index < -0.39 is 6.09 Å². The zero-order valence-corrected chi connectivity index (χ0v) is 12.6. The van der Waals surface area contributed by atoms with Crippen molar-refractivity contribution in [2.24, 2.45) is 0 Å². The van der Waals surface area contributed by atoms with E-state index in [2.05, 4.69) is 5.32 Å². The van der Waals surface area contributed by atoms with E-state index in [0.717, 1.165) is 5.56 Å². The average molecular weight is 306 g/mol. The minimum atomic E-state index is -0.513. The van der Waals surface area contributed by atoms with E-state index >= 15 is 0 Å². The summed E-state index contributed by atoms with van der Waals surface area (Å²) in [6.07, 6.45) is -0.513. The summed E-state index contributed by atoms with van der Waals surface area (Å²) in [5, 5.41) is 2.99. The molecule has 0 atom stereocenters. The number of amides is 1. The highest BCUT2D eigenvalue weighted by atomic mass is 35.5. The van der Waals surface area contributed by atoms with Crippen LogP contribution in [0.4, 0.5) is 10.5 Å². The molecule has 1 amide bonds. The van der Waals surface area contributed by atoms with Gasteiger partial charge in [0, 0.05) is 5.69 Å². The lowest BCUT2D eigenvalue weighted by Gasteiger charge is -2.10. The van der Waals surface area contributed by atoms with Gasteiger partial charge in [0.15, 0.2) is 0 Å². The Kier molecular flexibility index (Phi) is 5.06. The predicted octanol–water partition coefficient (Wildman–Crippen LogP) is 5.01. The van der Waals surface area contributed by atoms with Crippen LogP contribution in [0.2, 0.25) is 5.02 Å². The molecule has 0 bridgehead atoms. The minimum absolute atomic E-state index is 0.314. The number of hydrogen-bond donors (Lipinski definition) is 1. The molecule has 21 heavy (non-hydrogen) atoms. The molecule has 0 saturated heterocycles. The average Bonchev–Trinajstić information content (AvgIpc) is 2.44. The van der Waals surface area contributed by atoms with E-state index in [1.54, 1.807) is 25.1 Å². The Balaban J connectivity index is 2.08. The van der Waals surface area contributed by atoms with E-state index in [-0.39, 0.29) is 0 Å². The normalized spacial score (nSPS) is 10.0. The Bertz CT molecular complexity index is 626. The van der Waals surface area contributed by atoms with E-state index in [1.807, 2.05) is 31.2 Å². The first-order chi connectivity index (χ1) is 10.1. The van der Waals surface area contributed by atoms with Crippen LogP contribution in [-0.4, -0.2) is 12.7 Å². The van der Waals surface area contributed by atoms with Crippen LogP contribution in [0, 0.1) is 6.92 Å². The van der Waals surface area contributed by atoms with Crippen molar-refractivity contribution in [3.05, 3.63) is 53.1 Å². The number of nitrogens with one attached hydrogen (secondary N) is 1. The molecule has 0 heterocycles. The van der Waals surface area contributed by atoms with Crippen LogP contribution in [0.1, 0.15) is 12.5 Å². The molecule has 2 aromatic carbocycles. The Morgan fingerprint density at radius 3 is 2.52 bits per heavy atom. The zero-order valence-electron chi connectivity index (χ0n) is 11.9. The molecule has 0 fully saturated rings. The fourth-order valence-electron chi connectivity index (χ4n) is 1.68. The maximum atomic E-state index is 11.3. The SMILES string of the molecule is CCOC(=O)Nc1ccc(Oc2ccc(C)cc2)c(Cl)c1. The Labute approximate surface area is 128 Å². The van der Waals surface area contributed by atoms with Crippen LogP contribution in [0.5, 0.6) is 11.5 Å². The monoisotopic (exact) mass is 305 g/mol. The highest BCUT2D eigenvalue weighted by Gasteiger charge is 2.07. The molecule has 110 valence electrons. The van der Waals surface area contributed by atoms with Crippen molar-refractivity contribution in [2.75, 3.05) is 11.9 Å². The first kappa shape index (κ1) is 15.2. The van der Waals surface area contributed by atoms with Gasteiger partial charge in [0.05, 0.1) is 11.6 Å². The van der Waals surface area contributed by atoms with Crippen molar-refractivity contribution in [1.82, 2.24) is 0 Å². The highest BCUT2D eigenvalue weighted by molar-refractivity contribution is 6.32. The Morgan fingerprint density at radius 1 is 1.19 bits per heavy atom. The standard InChI is InChI=1S/C16H16ClNO3/c1-3-20-16(19)18-12-6-9-15(14(17)10-12)21-13-7-4-11(2)5-8-13/h4-10H,3H2,1-2H3,(H,18,19). The topological polar surface area (TPSA) is 47.6 Å². The van der Waals surface area contributed by atoms with Gasteiger partial charge >= 0.3 is 6.09 Å². The molecule has 0 aliphatic carbocycles. The number of carbonyl (C=O) groups is 1. The van der Waals surface area contributed by atoms with Gasteiger partial charge in [-0.2, -0.15) is 0 Å². The second kappa shape index (κ2) is 6.99. The number of ether oxygens (including phenoxy) is 2. The highest BCUT2D eigenvalue weighted by Crippen LogP contribution is 2.31. The summed E-state index contributed by atoms with van der Waals surface area (Å²) in [5.74, 6) is 1.23. The van der Waals surface area contributed by atoms with Crippen LogP contribution in [0.3, 0.4) is 0 Å². The quantitative estimate of drug-likeness (QED) is 0.863. The van der Waals surface area contributed by atoms with Gasteiger partial charge in [-0.3, -0.25) is 5.32 Å². The second-order valence-corrected chi connectivity index (χ2v) is 4.81. The van der Waals surface area contributed by atoms with Crippen LogP contribution in [0.15, 0.2) is 42.5 Å². The molecule has 1 N–H and O–H groups in total. The van der Waals surface area contributed by atoms with Crippen molar-refractivity contribution in [2.45, 2.75) is 13.8 Å². The maximum absolute atomic E-state index is 11.3. The lowest BCUT2D eigenvalue weighted by Crippen LogP contribution is -2.13. The molecular formula is C16H16ClNO3. The van der Waals surface area contributed by atoms with Crippen LogP contribution in [0.25, 0.3) is 0 Å². The molecule has 0 aromatic heterocycles. The number of aryl methyl sites for hydroxylation is 1. The summed E-state index contributed by atoms with van der Waals surface area (Å²) in [5.41, 5.74) is 1.71. The Hall–Kier alpha value is -2.20. The lowest BCUT2D eigenvalue weighted by molar-refractivity contribution is 0.168. The van der Waals surface area contributed by atoms with Gasteiger partial charge in [-0.25, -0.2) is 4.79 Å².